The third kappa shape index (κ3) is 7.28. The Kier molecular flexibility index (Phi) is 8.29. The Bertz CT molecular complexity index is 788. The number of hydrogen-bond acceptors (Lipinski definition) is 5. The van der Waals surface area contributed by atoms with E-state index in [1.54, 1.807) is 19.2 Å². The minimum atomic E-state index is -4.43. The predicted molar refractivity (Wildman–Crippen MR) is 103 cm³/mol. The van der Waals surface area contributed by atoms with E-state index in [9.17, 15) is 13.2 Å². The van der Waals surface area contributed by atoms with Crippen LogP contribution in [0.5, 0.6) is 5.88 Å². The molecule has 10 heteroatoms. The van der Waals surface area contributed by atoms with E-state index in [1.165, 1.54) is 6.20 Å². The average molecular weight is 413 g/mol. The number of nitrogens with one attached hydrogen (secondary N) is 2. The molecular formula is C19H26F3N5O2. The third-order valence-corrected chi connectivity index (χ3v) is 4.30. The van der Waals surface area contributed by atoms with E-state index in [0.717, 1.165) is 18.5 Å². The molecule has 2 aromatic heterocycles. The van der Waals surface area contributed by atoms with E-state index >= 15 is 0 Å². The summed E-state index contributed by atoms with van der Waals surface area (Å²) in [7, 11) is 1.59. The SMILES string of the molecule is CCC(CC)c1cc(CNC(=NC)NCc2cccnc2OCC(F)(F)F)on1. The summed E-state index contributed by atoms with van der Waals surface area (Å²) >= 11 is 0. The second-order valence-corrected chi connectivity index (χ2v) is 6.38. The topological polar surface area (TPSA) is 84.6 Å². The van der Waals surface area contributed by atoms with Gasteiger partial charge in [-0.25, -0.2) is 4.98 Å². The third-order valence-electron chi connectivity index (χ3n) is 4.30. The normalized spacial score (nSPS) is 12.3. The van der Waals surface area contributed by atoms with E-state index in [2.05, 4.69) is 39.6 Å². The van der Waals surface area contributed by atoms with Crippen molar-refractivity contribution in [3.05, 3.63) is 41.4 Å². The van der Waals surface area contributed by atoms with Crippen molar-refractivity contribution in [1.82, 2.24) is 20.8 Å². The Balaban J connectivity index is 1.90. The first-order valence-corrected chi connectivity index (χ1v) is 9.39. The second-order valence-electron chi connectivity index (χ2n) is 6.38. The molecule has 2 N–H and O–H groups in total. The van der Waals surface area contributed by atoms with Crippen molar-refractivity contribution < 1.29 is 22.4 Å². The highest BCUT2D eigenvalue weighted by Gasteiger charge is 2.29. The maximum atomic E-state index is 12.4. The Morgan fingerprint density at radius 1 is 1.24 bits per heavy atom. The van der Waals surface area contributed by atoms with Gasteiger partial charge in [0.25, 0.3) is 0 Å². The maximum Gasteiger partial charge on any atom is 0.422 e. The van der Waals surface area contributed by atoms with Gasteiger partial charge in [0.15, 0.2) is 18.3 Å². The number of aliphatic imine (C=N–C) groups is 1. The van der Waals surface area contributed by atoms with Crippen LogP contribution in [0.4, 0.5) is 13.2 Å². The monoisotopic (exact) mass is 413 g/mol. The van der Waals surface area contributed by atoms with E-state index in [4.69, 9.17) is 9.26 Å². The number of aromatic nitrogens is 2. The summed E-state index contributed by atoms with van der Waals surface area (Å²) < 4.78 is 47.3. The van der Waals surface area contributed by atoms with Crippen LogP contribution in [0.1, 0.15) is 49.6 Å². The summed E-state index contributed by atoms with van der Waals surface area (Å²) in [5.74, 6) is 1.42. The van der Waals surface area contributed by atoms with E-state index in [1.807, 2.05) is 6.07 Å². The number of pyridine rings is 1. The lowest BCUT2D eigenvalue weighted by Crippen LogP contribution is -2.36. The minimum Gasteiger partial charge on any atom is -0.468 e. The predicted octanol–water partition coefficient (Wildman–Crippen LogP) is 3.78. The van der Waals surface area contributed by atoms with Crippen LogP contribution in [0.25, 0.3) is 0 Å². The molecule has 0 bridgehead atoms. The fourth-order valence-corrected chi connectivity index (χ4v) is 2.72. The fraction of sp³-hybridized carbons (Fsp3) is 0.526. The summed E-state index contributed by atoms with van der Waals surface area (Å²) in [4.78, 5) is 7.97. The van der Waals surface area contributed by atoms with E-state index < -0.39 is 12.8 Å². The Morgan fingerprint density at radius 3 is 2.62 bits per heavy atom. The van der Waals surface area contributed by atoms with Crippen LogP contribution in [-0.4, -0.2) is 35.9 Å². The van der Waals surface area contributed by atoms with Gasteiger partial charge in [0, 0.05) is 37.3 Å². The molecule has 160 valence electrons. The summed E-state index contributed by atoms with van der Waals surface area (Å²) in [6, 6.07) is 5.18. The zero-order valence-corrected chi connectivity index (χ0v) is 16.7. The van der Waals surface area contributed by atoms with Crippen LogP contribution in [0.2, 0.25) is 0 Å². The number of halogens is 3. The first-order valence-electron chi connectivity index (χ1n) is 9.39. The molecular weight excluding hydrogens is 387 g/mol. The highest BCUT2D eigenvalue weighted by molar-refractivity contribution is 5.79. The van der Waals surface area contributed by atoms with Crippen LogP contribution in [0.3, 0.4) is 0 Å². The zero-order valence-electron chi connectivity index (χ0n) is 16.7. The quantitative estimate of drug-likeness (QED) is 0.481. The molecule has 0 saturated heterocycles. The molecule has 0 aliphatic heterocycles. The molecule has 0 aliphatic carbocycles. The van der Waals surface area contributed by atoms with Gasteiger partial charge in [0.1, 0.15) is 0 Å². The van der Waals surface area contributed by atoms with Crippen LogP contribution >= 0.6 is 0 Å². The smallest absolute Gasteiger partial charge is 0.422 e. The second kappa shape index (κ2) is 10.7. The van der Waals surface area contributed by atoms with Crippen molar-refractivity contribution in [2.75, 3.05) is 13.7 Å². The van der Waals surface area contributed by atoms with Gasteiger partial charge in [-0.3, -0.25) is 4.99 Å². The molecule has 0 aliphatic rings. The number of alkyl halides is 3. The van der Waals surface area contributed by atoms with Crippen molar-refractivity contribution in [1.29, 1.82) is 0 Å². The molecule has 0 radical (unpaired) electrons. The molecule has 2 heterocycles. The molecule has 0 amide bonds. The fourth-order valence-electron chi connectivity index (χ4n) is 2.72. The highest BCUT2D eigenvalue weighted by atomic mass is 19.4. The molecule has 0 saturated carbocycles. The highest BCUT2D eigenvalue weighted by Crippen LogP contribution is 2.22. The van der Waals surface area contributed by atoms with Gasteiger partial charge < -0.3 is 19.9 Å². The van der Waals surface area contributed by atoms with Crippen molar-refractivity contribution >= 4 is 5.96 Å². The zero-order chi connectivity index (χ0) is 21.3. The van der Waals surface area contributed by atoms with Gasteiger partial charge in [-0.2, -0.15) is 13.2 Å². The number of ether oxygens (including phenoxy) is 1. The molecule has 7 nitrogen and oxygen atoms in total. The summed E-state index contributed by atoms with van der Waals surface area (Å²) in [5.41, 5.74) is 1.41. The number of nitrogens with zero attached hydrogens (tertiary/aromatic N) is 3. The Hall–Kier alpha value is -2.78. The molecule has 29 heavy (non-hydrogen) atoms. The average Bonchev–Trinajstić information content (AvgIpc) is 3.16. The lowest BCUT2D eigenvalue weighted by molar-refractivity contribution is -0.154. The maximum absolute atomic E-state index is 12.4. The minimum absolute atomic E-state index is 0.0715. The lowest BCUT2D eigenvalue weighted by atomic mass is 9.99. The number of hydrogen-bond donors (Lipinski definition) is 2. The van der Waals surface area contributed by atoms with Gasteiger partial charge in [-0.1, -0.05) is 25.1 Å². The van der Waals surface area contributed by atoms with Crippen LogP contribution in [-0.2, 0) is 13.1 Å². The van der Waals surface area contributed by atoms with Crippen molar-refractivity contribution in [2.45, 2.75) is 51.9 Å². The molecule has 2 aromatic rings. The molecule has 0 atom stereocenters. The van der Waals surface area contributed by atoms with Gasteiger partial charge in [0.05, 0.1) is 12.2 Å². The summed E-state index contributed by atoms with van der Waals surface area (Å²) in [6.45, 7) is 3.39. The Morgan fingerprint density at radius 2 is 1.97 bits per heavy atom. The number of rotatable bonds is 9. The standard InChI is InChI=1S/C19H26F3N5O2/c1-4-13(5-2)16-9-15(29-27-16)11-26-18(23-3)25-10-14-7-6-8-24-17(14)28-12-19(20,21)22/h6-9,13H,4-5,10-12H2,1-3H3,(H2,23,25,26). The number of guanidine groups is 1. The largest absolute Gasteiger partial charge is 0.468 e. The van der Waals surface area contributed by atoms with Crippen LogP contribution in [0, 0.1) is 0 Å². The van der Waals surface area contributed by atoms with Gasteiger partial charge in [-0.15, -0.1) is 0 Å². The van der Waals surface area contributed by atoms with Gasteiger partial charge >= 0.3 is 6.18 Å². The molecule has 0 aromatic carbocycles. The molecule has 0 unspecified atom stereocenters. The summed E-state index contributed by atoms with van der Waals surface area (Å²) in [5, 5.41) is 10.2. The van der Waals surface area contributed by atoms with Gasteiger partial charge in [-0.05, 0) is 18.9 Å². The van der Waals surface area contributed by atoms with Crippen LogP contribution < -0.4 is 15.4 Å². The van der Waals surface area contributed by atoms with Crippen LogP contribution in [0.15, 0.2) is 33.9 Å². The van der Waals surface area contributed by atoms with Crippen molar-refractivity contribution in [2.24, 2.45) is 4.99 Å². The Labute approximate surface area is 167 Å². The van der Waals surface area contributed by atoms with Crippen molar-refractivity contribution in [3.8, 4) is 5.88 Å². The lowest BCUT2D eigenvalue weighted by Gasteiger charge is -2.14. The first kappa shape index (κ1) is 22.5. The molecule has 2 rings (SSSR count). The van der Waals surface area contributed by atoms with E-state index in [-0.39, 0.29) is 12.4 Å². The first-order chi connectivity index (χ1) is 13.9. The van der Waals surface area contributed by atoms with Gasteiger partial charge in [0.2, 0.25) is 5.88 Å². The summed E-state index contributed by atoms with van der Waals surface area (Å²) in [6.07, 6.45) is -1.07. The molecule has 0 fully saturated rings. The van der Waals surface area contributed by atoms with E-state index in [0.29, 0.717) is 29.7 Å². The molecule has 0 spiro atoms. The van der Waals surface area contributed by atoms with Crippen molar-refractivity contribution in [3.63, 3.8) is 0 Å².